The van der Waals surface area contributed by atoms with Crippen molar-refractivity contribution >= 4 is 15.9 Å². The van der Waals surface area contributed by atoms with Crippen LogP contribution in [0.15, 0.2) is 47.4 Å². The lowest BCUT2D eigenvalue weighted by Crippen LogP contribution is -2.28. The predicted molar refractivity (Wildman–Crippen MR) is 101 cm³/mol. The zero-order valence-corrected chi connectivity index (χ0v) is 16.0. The number of methoxy groups -OCH3 is 1. The number of nitrogens with one attached hydrogen (secondary N) is 2. The summed E-state index contributed by atoms with van der Waals surface area (Å²) in [5.41, 5.74) is 3.58. The Kier molecular flexibility index (Phi) is 6.90. The molecule has 2 N–H and O–H groups in total. The first-order valence-corrected chi connectivity index (χ1v) is 9.75. The standard InChI is InChI=1S/C19H24N2O4S/c1-14-7-8-17(15(2)11-14)13-20-19(22)16-5-4-6-18(12-16)26(23,24)21-9-10-25-3/h4-8,11-12,21H,9-10,13H2,1-3H3,(H,20,22). The third kappa shape index (κ3) is 5.39. The third-order valence-corrected chi connectivity index (χ3v) is 5.40. The van der Waals surface area contributed by atoms with E-state index in [-0.39, 0.29) is 24.0 Å². The molecule has 2 aromatic rings. The fraction of sp³-hybridized carbons (Fsp3) is 0.316. The third-order valence-electron chi connectivity index (χ3n) is 3.94. The molecule has 0 fully saturated rings. The Morgan fingerprint density at radius 2 is 1.88 bits per heavy atom. The molecule has 0 aliphatic heterocycles. The number of hydrogen-bond donors (Lipinski definition) is 2. The van der Waals surface area contributed by atoms with Crippen LogP contribution >= 0.6 is 0 Å². The SMILES string of the molecule is COCCNS(=O)(=O)c1cccc(C(=O)NCc2ccc(C)cc2C)c1. The number of sulfonamides is 1. The van der Waals surface area contributed by atoms with Gasteiger partial charge in [0.1, 0.15) is 0 Å². The first-order chi connectivity index (χ1) is 12.3. The zero-order valence-electron chi connectivity index (χ0n) is 15.2. The van der Waals surface area contributed by atoms with E-state index in [9.17, 15) is 13.2 Å². The average Bonchev–Trinajstić information content (AvgIpc) is 2.61. The number of aryl methyl sites for hydroxylation is 2. The van der Waals surface area contributed by atoms with Gasteiger partial charge in [0, 0.05) is 25.8 Å². The summed E-state index contributed by atoms with van der Waals surface area (Å²) in [5.74, 6) is -0.320. The number of carbonyl (C=O) groups is 1. The predicted octanol–water partition coefficient (Wildman–Crippen LogP) is 2.16. The van der Waals surface area contributed by atoms with Crippen molar-refractivity contribution in [1.82, 2.24) is 10.0 Å². The fourth-order valence-electron chi connectivity index (χ4n) is 2.49. The molecule has 7 heteroatoms. The Bertz CT molecular complexity index is 879. The highest BCUT2D eigenvalue weighted by Gasteiger charge is 2.16. The molecule has 0 aliphatic rings. The molecule has 1 amide bonds. The maximum absolute atomic E-state index is 12.4. The average molecular weight is 376 g/mol. The van der Waals surface area contributed by atoms with E-state index in [0.29, 0.717) is 12.1 Å². The molecule has 0 unspecified atom stereocenters. The van der Waals surface area contributed by atoms with Crippen LogP contribution in [0.3, 0.4) is 0 Å². The van der Waals surface area contributed by atoms with E-state index in [2.05, 4.69) is 16.1 Å². The highest BCUT2D eigenvalue weighted by Crippen LogP contribution is 2.13. The summed E-state index contributed by atoms with van der Waals surface area (Å²) < 4.78 is 31.7. The lowest BCUT2D eigenvalue weighted by atomic mass is 10.1. The van der Waals surface area contributed by atoms with Gasteiger partial charge in [0.15, 0.2) is 0 Å². The minimum Gasteiger partial charge on any atom is -0.383 e. The fourth-order valence-corrected chi connectivity index (χ4v) is 3.55. The first-order valence-electron chi connectivity index (χ1n) is 8.26. The van der Waals surface area contributed by atoms with Crippen molar-refractivity contribution in [2.24, 2.45) is 0 Å². The smallest absolute Gasteiger partial charge is 0.251 e. The maximum atomic E-state index is 12.4. The summed E-state index contributed by atoms with van der Waals surface area (Å²) in [6.45, 7) is 4.83. The van der Waals surface area contributed by atoms with Crippen molar-refractivity contribution in [3.05, 3.63) is 64.7 Å². The monoisotopic (exact) mass is 376 g/mol. The summed E-state index contributed by atoms with van der Waals surface area (Å²) >= 11 is 0. The first kappa shape index (κ1) is 20.1. The van der Waals surface area contributed by atoms with E-state index in [0.717, 1.165) is 16.7 Å². The lowest BCUT2D eigenvalue weighted by Gasteiger charge is -2.10. The number of carbonyl (C=O) groups excluding carboxylic acids is 1. The van der Waals surface area contributed by atoms with Crippen molar-refractivity contribution in [2.75, 3.05) is 20.3 Å². The van der Waals surface area contributed by atoms with Gasteiger partial charge in [-0.15, -0.1) is 0 Å². The van der Waals surface area contributed by atoms with Crippen molar-refractivity contribution < 1.29 is 17.9 Å². The summed E-state index contributed by atoms with van der Waals surface area (Å²) in [6, 6.07) is 12.0. The normalized spacial score (nSPS) is 11.3. The lowest BCUT2D eigenvalue weighted by molar-refractivity contribution is 0.0950. The van der Waals surface area contributed by atoms with E-state index in [1.165, 1.54) is 19.2 Å². The van der Waals surface area contributed by atoms with Gasteiger partial charge >= 0.3 is 0 Å². The number of benzene rings is 2. The van der Waals surface area contributed by atoms with Crippen LogP contribution in [0.25, 0.3) is 0 Å². The molecular weight excluding hydrogens is 352 g/mol. The Balaban J connectivity index is 2.07. The van der Waals surface area contributed by atoms with Crippen molar-refractivity contribution in [1.29, 1.82) is 0 Å². The minimum absolute atomic E-state index is 0.0489. The highest BCUT2D eigenvalue weighted by molar-refractivity contribution is 7.89. The topological polar surface area (TPSA) is 84.5 Å². The van der Waals surface area contributed by atoms with E-state index >= 15 is 0 Å². The molecule has 0 aromatic heterocycles. The number of hydrogen-bond acceptors (Lipinski definition) is 4. The van der Waals surface area contributed by atoms with Crippen LogP contribution in [0.5, 0.6) is 0 Å². The van der Waals surface area contributed by atoms with Gasteiger partial charge in [-0.05, 0) is 43.2 Å². The van der Waals surface area contributed by atoms with Crippen LogP contribution in [0.1, 0.15) is 27.0 Å². The van der Waals surface area contributed by atoms with Crippen molar-refractivity contribution in [2.45, 2.75) is 25.3 Å². The Labute approximate surface area is 154 Å². The number of ether oxygens (including phenoxy) is 1. The molecule has 2 aromatic carbocycles. The quantitative estimate of drug-likeness (QED) is 0.692. The van der Waals surface area contributed by atoms with Gasteiger partial charge in [-0.1, -0.05) is 29.8 Å². The Hall–Kier alpha value is -2.22. The Morgan fingerprint density at radius 3 is 2.58 bits per heavy atom. The van der Waals surface area contributed by atoms with Crippen molar-refractivity contribution in [3.63, 3.8) is 0 Å². The van der Waals surface area contributed by atoms with Gasteiger partial charge in [-0.2, -0.15) is 0 Å². The minimum atomic E-state index is -3.68. The van der Waals surface area contributed by atoms with E-state index in [1.54, 1.807) is 12.1 Å². The van der Waals surface area contributed by atoms with Crippen LogP contribution in [0, 0.1) is 13.8 Å². The maximum Gasteiger partial charge on any atom is 0.251 e. The molecule has 0 saturated carbocycles. The van der Waals surface area contributed by atoms with Gasteiger partial charge in [-0.25, -0.2) is 13.1 Å². The summed E-state index contributed by atoms with van der Waals surface area (Å²) in [7, 11) is -2.18. The largest absolute Gasteiger partial charge is 0.383 e. The summed E-state index contributed by atoms with van der Waals surface area (Å²) in [4.78, 5) is 12.4. The van der Waals surface area contributed by atoms with E-state index < -0.39 is 10.0 Å². The number of rotatable bonds is 8. The molecule has 26 heavy (non-hydrogen) atoms. The van der Waals surface area contributed by atoms with Crippen LogP contribution in [-0.2, 0) is 21.3 Å². The molecule has 0 radical (unpaired) electrons. The van der Waals surface area contributed by atoms with Crippen LogP contribution in [0.4, 0.5) is 0 Å². The molecule has 0 bridgehead atoms. The van der Waals surface area contributed by atoms with Gasteiger partial charge in [0.2, 0.25) is 10.0 Å². The highest BCUT2D eigenvalue weighted by atomic mass is 32.2. The van der Waals surface area contributed by atoms with Crippen molar-refractivity contribution in [3.8, 4) is 0 Å². The molecule has 0 atom stereocenters. The van der Waals surface area contributed by atoms with E-state index in [4.69, 9.17) is 4.74 Å². The second-order valence-electron chi connectivity index (χ2n) is 6.03. The van der Waals surface area contributed by atoms with Crippen LogP contribution in [0.2, 0.25) is 0 Å². The molecule has 0 heterocycles. The molecule has 6 nitrogen and oxygen atoms in total. The second kappa shape index (κ2) is 8.93. The molecule has 140 valence electrons. The van der Waals surface area contributed by atoms with Gasteiger partial charge in [0.05, 0.1) is 11.5 Å². The second-order valence-corrected chi connectivity index (χ2v) is 7.80. The van der Waals surface area contributed by atoms with Crippen LogP contribution in [-0.4, -0.2) is 34.6 Å². The Morgan fingerprint density at radius 1 is 1.12 bits per heavy atom. The molecular formula is C19H24N2O4S. The van der Waals surface area contributed by atoms with Crippen LogP contribution < -0.4 is 10.0 Å². The molecule has 0 spiro atoms. The zero-order chi connectivity index (χ0) is 19.2. The van der Waals surface area contributed by atoms with E-state index in [1.807, 2.05) is 26.0 Å². The van der Waals surface area contributed by atoms with Gasteiger partial charge < -0.3 is 10.1 Å². The van der Waals surface area contributed by atoms with Gasteiger partial charge in [0.25, 0.3) is 5.91 Å². The number of amides is 1. The molecule has 0 aliphatic carbocycles. The molecule has 2 rings (SSSR count). The summed E-state index contributed by atoms with van der Waals surface area (Å²) in [5, 5.41) is 2.83. The summed E-state index contributed by atoms with van der Waals surface area (Å²) in [6.07, 6.45) is 0. The molecule has 0 saturated heterocycles. The van der Waals surface area contributed by atoms with Gasteiger partial charge in [-0.3, -0.25) is 4.79 Å².